The molecule has 1 aromatic carbocycles. The van der Waals surface area contributed by atoms with Gasteiger partial charge in [0, 0.05) is 16.9 Å². The SMILES string of the molecule is C/C=C/CC1COC(C2CCC(c3ccc(Cl)cc3)CC2)OC1. The van der Waals surface area contributed by atoms with E-state index in [2.05, 4.69) is 31.2 Å². The molecule has 2 nitrogen and oxygen atoms in total. The topological polar surface area (TPSA) is 18.5 Å². The summed E-state index contributed by atoms with van der Waals surface area (Å²) in [6, 6.07) is 8.35. The van der Waals surface area contributed by atoms with Crippen LogP contribution in [0.15, 0.2) is 36.4 Å². The van der Waals surface area contributed by atoms with E-state index in [4.69, 9.17) is 21.1 Å². The maximum absolute atomic E-state index is 6.01. The molecule has 0 amide bonds. The van der Waals surface area contributed by atoms with E-state index < -0.39 is 0 Å². The van der Waals surface area contributed by atoms with Gasteiger partial charge in [-0.15, -0.1) is 0 Å². The molecule has 2 fully saturated rings. The van der Waals surface area contributed by atoms with Gasteiger partial charge in [-0.25, -0.2) is 0 Å². The number of ether oxygens (including phenoxy) is 2. The van der Waals surface area contributed by atoms with E-state index in [9.17, 15) is 0 Å². The highest BCUT2D eigenvalue weighted by atomic mass is 35.5. The van der Waals surface area contributed by atoms with Crippen LogP contribution in [0.25, 0.3) is 0 Å². The number of benzene rings is 1. The van der Waals surface area contributed by atoms with Crippen molar-refractivity contribution >= 4 is 11.6 Å². The summed E-state index contributed by atoms with van der Waals surface area (Å²) in [7, 11) is 0. The second kappa shape index (κ2) is 8.32. The molecule has 0 unspecified atom stereocenters. The first-order valence-electron chi connectivity index (χ1n) is 8.86. The van der Waals surface area contributed by atoms with Crippen LogP contribution in [0.2, 0.25) is 5.02 Å². The zero-order chi connectivity index (χ0) is 16.1. The Balaban J connectivity index is 1.45. The molecule has 1 saturated heterocycles. The van der Waals surface area contributed by atoms with Crippen molar-refractivity contribution in [2.45, 2.75) is 51.2 Å². The van der Waals surface area contributed by atoms with Crippen molar-refractivity contribution < 1.29 is 9.47 Å². The summed E-state index contributed by atoms with van der Waals surface area (Å²) < 4.78 is 12.0. The molecule has 126 valence electrons. The average Bonchev–Trinajstić information content (AvgIpc) is 2.61. The van der Waals surface area contributed by atoms with Crippen LogP contribution in [0.3, 0.4) is 0 Å². The van der Waals surface area contributed by atoms with Gasteiger partial charge in [0.15, 0.2) is 6.29 Å². The van der Waals surface area contributed by atoms with Gasteiger partial charge in [-0.3, -0.25) is 0 Å². The predicted molar refractivity (Wildman–Crippen MR) is 94.8 cm³/mol. The average molecular weight is 335 g/mol. The third-order valence-electron chi connectivity index (χ3n) is 5.20. The Morgan fingerprint density at radius 3 is 2.30 bits per heavy atom. The fourth-order valence-corrected chi connectivity index (χ4v) is 3.88. The van der Waals surface area contributed by atoms with Gasteiger partial charge in [-0.2, -0.15) is 0 Å². The molecule has 23 heavy (non-hydrogen) atoms. The Morgan fingerprint density at radius 2 is 1.70 bits per heavy atom. The molecule has 1 aliphatic carbocycles. The van der Waals surface area contributed by atoms with Crippen LogP contribution in [0.4, 0.5) is 0 Å². The summed E-state index contributed by atoms with van der Waals surface area (Å²) in [5.74, 6) is 1.74. The van der Waals surface area contributed by atoms with Crippen molar-refractivity contribution in [1.82, 2.24) is 0 Å². The Morgan fingerprint density at radius 1 is 1.04 bits per heavy atom. The molecule has 0 bridgehead atoms. The van der Waals surface area contributed by atoms with Crippen LogP contribution in [0.1, 0.15) is 50.5 Å². The second-order valence-electron chi connectivity index (χ2n) is 6.87. The van der Waals surface area contributed by atoms with Crippen molar-refractivity contribution in [2.24, 2.45) is 11.8 Å². The van der Waals surface area contributed by atoms with E-state index >= 15 is 0 Å². The lowest BCUT2D eigenvalue weighted by Crippen LogP contribution is -2.38. The fourth-order valence-electron chi connectivity index (χ4n) is 3.75. The fraction of sp³-hybridized carbons (Fsp3) is 0.600. The van der Waals surface area contributed by atoms with Gasteiger partial charge in [-0.05, 0) is 62.6 Å². The van der Waals surface area contributed by atoms with Crippen LogP contribution in [0, 0.1) is 11.8 Å². The van der Waals surface area contributed by atoms with Gasteiger partial charge in [0.2, 0.25) is 0 Å². The van der Waals surface area contributed by atoms with Gasteiger partial charge in [0.25, 0.3) is 0 Å². The van der Waals surface area contributed by atoms with E-state index in [1.165, 1.54) is 31.2 Å². The van der Waals surface area contributed by atoms with Gasteiger partial charge >= 0.3 is 0 Å². The number of allylic oxidation sites excluding steroid dienone is 2. The minimum atomic E-state index is 0.0167. The van der Waals surface area contributed by atoms with Crippen LogP contribution in [0.5, 0.6) is 0 Å². The molecule has 0 aromatic heterocycles. The first-order valence-corrected chi connectivity index (χ1v) is 9.24. The van der Waals surface area contributed by atoms with Crippen LogP contribution in [-0.2, 0) is 9.47 Å². The molecule has 1 saturated carbocycles. The first-order chi connectivity index (χ1) is 11.3. The summed E-state index contributed by atoms with van der Waals surface area (Å²) in [4.78, 5) is 0. The van der Waals surface area contributed by atoms with Crippen molar-refractivity contribution in [2.75, 3.05) is 13.2 Å². The maximum Gasteiger partial charge on any atom is 0.160 e. The molecule has 0 spiro atoms. The quantitative estimate of drug-likeness (QED) is 0.670. The summed E-state index contributed by atoms with van der Waals surface area (Å²) in [6.07, 6.45) is 10.2. The zero-order valence-corrected chi connectivity index (χ0v) is 14.7. The van der Waals surface area contributed by atoms with E-state index in [1.807, 2.05) is 12.1 Å². The third-order valence-corrected chi connectivity index (χ3v) is 5.45. The van der Waals surface area contributed by atoms with Crippen LogP contribution >= 0.6 is 11.6 Å². The summed E-state index contributed by atoms with van der Waals surface area (Å²) in [5, 5.41) is 0.818. The van der Waals surface area contributed by atoms with E-state index in [0.717, 1.165) is 24.7 Å². The van der Waals surface area contributed by atoms with Gasteiger partial charge in [-0.1, -0.05) is 35.9 Å². The lowest BCUT2D eigenvalue weighted by atomic mass is 9.78. The Bertz CT molecular complexity index is 495. The van der Waals surface area contributed by atoms with E-state index in [0.29, 0.717) is 17.8 Å². The molecule has 3 heteroatoms. The normalized spacial score (nSPS) is 32.3. The van der Waals surface area contributed by atoms with Gasteiger partial charge in [0.1, 0.15) is 0 Å². The Hall–Kier alpha value is -0.830. The minimum absolute atomic E-state index is 0.0167. The summed E-state index contributed by atoms with van der Waals surface area (Å²) in [6.45, 7) is 3.74. The summed E-state index contributed by atoms with van der Waals surface area (Å²) in [5.41, 5.74) is 1.42. The zero-order valence-electron chi connectivity index (χ0n) is 13.9. The smallest absolute Gasteiger partial charge is 0.160 e. The molecule has 0 atom stereocenters. The predicted octanol–water partition coefficient (Wildman–Crippen LogP) is 5.57. The molecule has 1 heterocycles. The molecule has 2 aliphatic rings. The molecule has 0 N–H and O–H groups in total. The molecule has 0 radical (unpaired) electrons. The number of hydrogen-bond donors (Lipinski definition) is 0. The van der Waals surface area contributed by atoms with Crippen molar-refractivity contribution in [3.05, 3.63) is 47.0 Å². The maximum atomic E-state index is 6.01. The summed E-state index contributed by atoms with van der Waals surface area (Å²) >= 11 is 5.98. The monoisotopic (exact) mass is 334 g/mol. The molecule has 3 rings (SSSR count). The molecule has 1 aliphatic heterocycles. The second-order valence-corrected chi connectivity index (χ2v) is 7.31. The molecular weight excluding hydrogens is 308 g/mol. The van der Waals surface area contributed by atoms with Crippen molar-refractivity contribution in [3.8, 4) is 0 Å². The minimum Gasteiger partial charge on any atom is -0.352 e. The van der Waals surface area contributed by atoms with E-state index in [1.54, 1.807) is 0 Å². The number of hydrogen-bond acceptors (Lipinski definition) is 2. The van der Waals surface area contributed by atoms with Gasteiger partial charge < -0.3 is 9.47 Å². The van der Waals surface area contributed by atoms with Crippen LogP contribution in [-0.4, -0.2) is 19.5 Å². The Labute approximate surface area is 144 Å². The third kappa shape index (κ3) is 4.59. The number of rotatable bonds is 4. The van der Waals surface area contributed by atoms with Crippen LogP contribution < -0.4 is 0 Å². The highest BCUT2D eigenvalue weighted by Gasteiger charge is 2.32. The lowest BCUT2D eigenvalue weighted by molar-refractivity contribution is -0.228. The highest BCUT2D eigenvalue weighted by molar-refractivity contribution is 6.30. The highest BCUT2D eigenvalue weighted by Crippen LogP contribution is 2.39. The standard InChI is InChI=1S/C20H27ClO2/c1-2-3-4-15-13-22-20(23-14-15)18-7-5-16(6-8-18)17-9-11-19(21)12-10-17/h2-3,9-12,15-16,18,20H,4-8,13-14H2,1H3/b3-2+. The first kappa shape index (κ1) is 17.0. The van der Waals surface area contributed by atoms with Gasteiger partial charge in [0.05, 0.1) is 13.2 Å². The largest absolute Gasteiger partial charge is 0.352 e. The number of halogens is 1. The molecule has 1 aromatic rings. The molecular formula is C20H27ClO2. The lowest BCUT2D eigenvalue weighted by Gasteiger charge is -2.37. The Kier molecular flexibility index (Phi) is 6.15. The van der Waals surface area contributed by atoms with E-state index in [-0.39, 0.29) is 6.29 Å². The van der Waals surface area contributed by atoms with Crippen molar-refractivity contribution in [3.63, 3.8) is 0 Å². The van der Waals surface area contributed by atoms with Crippen molar-refractivity contribution in [1.29, 1.82) is 0 Å².